The van der Waals surface area contributed by atoms with E-state index >= 15 is 0 Å². The Morgan fingerprint density at radius 1 is 1.09 bits per heavy atom. The molecule has 2 rings (SSSR count). The smallest absolute Gasteiger partial charge is 0.240 e. The fourth-order valence-electron chi connectivity index (χ4n) is 2.22. The summed E-state index contributed by atoms with van der Waals surface area (Å²) >= 11 is 5.72. The van der Waals surface area contributed by atoms with Crippen LogP contribution < -0.4 is 4.72 Å². The third-order valence-electron chi connectivity index (χ3n) is 3.56. The van der Waals surface area contributed by atoms with Crippen molar-refractivity contribution in [3.63, 3.8) is 0 Å². The van der Waals surface area contributed by atoms with Gasteiger partial charge in [0.1, 0.15) is 0 Å². The lowest BCUT2D eigenvalue weighted by Gasteiger charge is -2.23. The third kappa shape index (κ3) is 5.04. The molecule has 0 aromatic heterocycles. The molecule has 2 atom stereocenters. The minimum absolute atomic E-state index is 0.0477. The van der Waals surface area contributed by atoms with Gasteiger partial charge >= 0.3 is 0 Å². The van der Waals surface area contributed by atoms with E-state index in [0.717, 1.165) is 11.1 Å². The van der Waals surface area contributed by atoms with Gasteiger partial charge in [0, 0.05) is 5.88 Å². The molecule has 0 bridgehead atoms. The second-order valence-electron chi connectivity index (χ2n) is 5.45. The summed E-state index contributed by atoms with van der Waals surface area (Å²) in [6, 6.07) is 15.3. The van der Waals surface area contributed by atoms with Crippen LogP contribution in [-0.4, -0.2) is 31.6 Å². The highest BCUT2D eigenvalue weighted by Gasteiger charge is 2.25. The summed E-state index contributed by atoms with van der Waals surface area (Å²) in [5, 5.41) is 10.1. The van der Waals surface area contributed by atoms with Crippen molar-refractivity contribution in [2.24, 2.45) is 0 Å². The Balaban J connectivity index is 2.21. The van der Waals surface area contributed by atoms with Crippen molar-refractivity contribution in [3.05, 3.63) is 65.7 Å². The quantitative estimate of drug-likeness (QED) is 0.751. The van der Waals surface area contributed by atoms with Crippen LogP contribution in [0.25, 0.3) is 0 Å². The summed E-state index contributed by atoms with van der Waals surface area (Å²) in [7, 11) is -3.72. The number of benzene rings is 2. The number of aliphatic hydroxyl groups excluding tert-OH is 1. The van der Waals surface area contributed by atoms with Crippen LogP contribution in [0.15, 0.2) is 59.5 Å². The first-order valence-corrected chi connectivity index (χ1v) is 9.31. The maximum Gasteiger partial charge on any atom is 0.240 e. The van der Waals surface area contributed by atoms with E-state index in [1.165, 1.54) is 0 Å². The van der Waals surface area contributed by atoms with Crippen LogP contribution in [0.1, 0.15) is 11.1 Å². The number of halogens is 1. The normalized spacial score (nSPS) is 14.4. The van der Waals surface area contributed by atoms with Gasteiger partial charge in [0.15, 0.2) is 0 Å². The van der Waals surface area contributed by atoms with Gasteiger partial charge in [-0.15, -0.1) is 11.6 Å². The van der Waals surface area contributed by atoms with E-state index < -0.39 is 22.2 Å². The molecule has 0 aliphatic carbocycles. The van der Waals surface area contributed by atoms with Crippen molar-refractivity contribution in [1.29, 1.82) is 0 Å². The topological polar surface area (TPSA) is 66.4 Å². The summed E-state index contributed by atoms with van der Waals surface area (Å²) < 4.78 is 27.6. The van der Waals surface area contributed by atoms with Gasteiger partial charge in [-0.05, 0) is 31.0 Å². The predicted octanol–water partition coefficient (Wildman–Crippen LogP) is 2.48. The molecule has 0 heterocycles. The zero-order chi connectivity index (χ0) is 16.9. The fourth-order valence-corrected chi connectivity index (χ4v) is 3.70. The first kappa shape index (κ1) is 17.9. The molecule has 2 aromatic rings. The molecule has 2 N–H and O–H groups in total. The largest absolute Gasteiger partial charge is 0.390 e. The van der Waals surface area contributed by atoms with Crippen LogP contribution in [0.3, 0.4) is 0 Å². The zero-order valence-corrected chi connectivity index (χ0v) is 14.4. The van der Waals surface area contributed by atoms with Crippen molar-refractivity contribution in [1.82, 2.24) is 4.72 Å². The molecule has 2 aromatic carbocycles. The molecule has 0 saturated heterocycles. The van der Waals surface area contributed by atoms with E-state index in [2.05, 4.69) is 4.72 Å². The van der Waals surface area contributed by atoms with Gasteiger partial charge in [0.05, 0.1) is 17.0 Å². The first-order valence-electron chi connectivity index (χ1n) is 7.29. The summed E-state index contributed by atoms with van der Waals surface area (Å²) in [5.41, 5.74) is 1.90. The summed E-state index contributed by atoms with van der Waals surface area (Å²) in [6.45, 7) is 1.89. The molecule has 6 heteroatoms. The lowest BCUT2D eigenvalue weighted by molar-refractivity contribution is 0.159. The fraction of sp³-hybridized carbons (Fsp3) is 0.294. The van der Waals surface area contributed by atoms with Crippen LogP contribution in [0.4, 0.5) is 0 Å². The molecular weight excluding hydrogens is 334 g/mol. The Labute approximate surface area is 142 Å². The first-order chi connectivity index (χ1) is 10.9. The van der Waals surface area contributed by atoms with E-state index in [-0.39, 0.29) is 10.8 Å². The van der Waals surface area contributed by atoms with Crippen LogP contribution >= 0.6 is 11.6 Å². The van der Waals surface area contributed by atoms with E-state index in [1.54, 1.807) is 24.3 Å². The Morgan fingerprint density at radius 2 is 1.70 bits per heavy atom. The Kier molecular flexibility index (Phi) is 6.18. The zero-order valence-electron chi connectivity index (χ0n) is 12.8. The number of sulfonamides is 1. The van der Waals surface area contributed by atoms with Crippen molar-refractivity contribution >= 4 is 21.6 Å². The molecule has 0 saturated carbocycles. The summed E-state index contributed by atoms with van der Waals surface area (Å²) in [4.78, 5) is 0.169. The van der Waals surface area contributed by atoms with Crippen LogP contribution in [0, 0.1) is 6.92 Å². The Hall–Kier alpha value is -1.40. The van der Waals surface area contributed by atoms with E-state index in [9.17, 15) is 13.5 Å². The van der Waals surface area contributed by atoms with Crippen LogP contribution in [0.2, 0.25) is 0 Å². The van der Waals surface area contributed by atoms with Crippen LogP contribution in [0.5, 0.6) is 0 Å². The maximum absolute atomic E-state index is 12.5. The molecular formula is C17H20ClNO3S. The van der Waals surface area contributed by atoms with Crippen molar-refractivity contribution in [2.45, 2.75) is 30.4 Å². The molecule has 0 radical (unpaired) electrons. The average molecular weight is 354 g/mol. The highest BCUT2D eigenvalue weighted by molar-refractivity contribution is 7.89. The van der Waals surface area contributed by atoms with Gasteiger partial charge in [-0.3, -0.25) is 0 Å². The molecule has 124 valence electrons. The molecule has 0 aliphatic heterocycles. The Bertz CT molecular complexity index is 717. The van der Waals surface area contributed by atoms with Gasteiger partial charge in [-0.1, -0.05) is 48.0 Å². The molecule has 0 aliphatic rings. The number of hydrogen-bond donors (Lipinski definition) is 2. The number of aryl methyl sites for hydroxylation is 1. The van der Waals surface area contributed by atoms with Gasteiger partial charge in [0.2, 0.25) is 10.0 Å². The second-order valence-corrected chi connectivity index (χ2v) is 7.47. The lowest BCUT2D eigenvalue weighted by Crippen LogP contribution is -2.45. The second kappa shape index (κ2) is 7.93. The van der Waals surface area contributed by atoms with Gasteiger partial charge < -0.3 is 5.11 Å². The van der Waals surface area contributed by atoms with Crippen molar-refractivity contribution in [3.8, 4) is 0 Å². The van der Waals surface area contributed by atoms with Gasteiger partial charge in [-0.2, -0.15) is 0 Å². The minimum Gasteiger partial charge on any atom is -0.390 e. The highest BCUT2D eigenvalue weighted by atomic mass is 35.5. The number of hydrogen-bond acceptors (Lipinski definition) is 3. The lowest BCUT2D eigenvalue weighted by atomic mass is 10.0. The number of aliphatic hydroxyl groups is 1. The number of rotatable bonds is 7. The van der Waals surface area contributed by atoms with Crippen molar-refractivity contribution < 1.29 is 13.5 Å². The molecule has 0 spiro atoms. The van der Waals surface area contributed by atoms with Gasteiger partial charge in [0.25, 0.3) is 0 Å². The standard InChI is InChI=1S/C17H20ClNO3S/c1-13-7-9-15(10-8-13)23(21,22)19-16(17(20)12-18)11-14-5-3-2-4-6-14/h2-10,16-17,19-20H,11-12H2,1H3/t16-,17+/m0/s1. The Morgan fingerprint density at radius 3 is 2.26 bits per heavy atom. The summed E-state index contributed by atoms with van der Waals surface area (Å²) in [6.07, 6.45) is -0.614. The molecule has 0 fully saturated rings. The molecule has 0 unspecified atom stereocenters. The number of alkyl halides is 1. The summed E-state index contributed by atoms with van der Waals surface area (Å²) in [5.74, 6) is -0.0477. The third-order valence-corrected chi connectivity index (χ3v) is 5.38. The minimum atomic E-state index is -3.72. The van der Waals surface area contributed by atoms with E-state index in [4.69, 9.17) is 11.6 Å². The van der Waals surface area contributed by atoms with Crippen molar-refractivity contribution in [2.75, 3.05) is 5.88 Å². The number of nitrogens with one attached hydrogen (secondary N) is 1. The molecule has 4 nitrogen and oxygen atoms in total. The predicted molar refractivity (Wildman–Crippen MR) is 92.2 cm³/mol. The molecule has 23 heavy (non-hydrogen) atoms. The molecule has 0 amide bonds. The van der Waals surface area contributed by atoms with Crippen LogP contribution in [-0.2, 0) is 16.4 Å². The monoisotopic (exact) mass is 353 g/mol. The van der Waals surface area contributed by atoms with Gasteiger partial charge in [-0.25, -0.2) is 13.1 Å². The highest BCUT2D eigenvalue weighted by Crippen LogP contribution is 2.14. The van der Waals surface area contributed by atoms with E-state index in [1.807, 2.05) is 37.3 Å². The average Bonchev–Trinajstić information content (AvgIpc) is 2.54. The SMILES string of the molecule is Cc1ccc(S(=O)(=O)N[C@@H](Cc2ccccc2)[C@H](O)CCl)cc1. The van der Waals surface area contributed by atoms with E-state index in [0.29, 0.717) is 6.42 Å². The maximum atomic E-state index is 12.5.